The van der Waals surface area contributed by atoms with Gasteiger partial charge in [0, 0.05) is 52.4 Å². The Bertz CT molecular complexity index is 445. The van der Waals surface area contributed by atoms with E-state index in [-0.39, 0.29) is 18.0 Å². The molecule has 1 unspecified atom stereocenters. The number of carbonyl (C=O) groups excluding carboxylic acids is 2. The molecule has 0 aromatic heterocycles. The predicted molar refractivity (Wildman–Crippen MR) is 86.2 cm³/mol. The normalized spacial score (nSPS) is 26.0. The Morgan fingerprint density at radius 3 is 2.30 bits per heavy atom. The molecular weight excluding hydrogens is 296 g/mol. The Kier molecular flexibility index (Phi) is 5.06. The second-order valence-corrected chi connectivity index (χ2v) is 6.78. The van der Waals surface area contributed by atoms with Crippen LogP contribution in [0.4, 0.5) is 4.79 Å². The van der Waals surface area contributed by atoms with E-state index < -0.39 is 0 Å². The van der Waals surface area contributed by atoms with Crippen LogP contribution in [0.5, 0.6) is 0 Å². The van der Waals surface area contributed by atoms with Crippen molar-refractivity contribution in [2.24, 2.45) is 0 Å². The van der Waals surface area contributed by atoms with E-state index in [9.17, 15) is 9.59 Å². The van der Waals surface area contributed by atoms with E-state index in [0.717, 1.165) is 39.0 Å². The highest BCUT2D eigenvalue weighted by molar-refractivity contribution is 5.81. The smallest absolute Gasteiger partial charge is 0.320 e. The summed E-state index contributed by atoms with van der Waals surface area (Å²) in [7, 11) is 1.86. The van der Waals surface area contributed by atoms with Crippen molar-refractivity contribution < 1.29 is 14.3 Å². The summed E-state index contributed by atoms with van der Waals surface area (Å²) < 4.78 is 5.32. The Morgan fingerprint density at radius 1 is 1.09 bits per heavy atom. The van der Waals surface area contributed by atoms with Gasteiger partial charge in [0.1, 0.15) is 0 Å². The first kappa shape index (κ1) is 16.5. The molecule has 7 nitrogen and oxygen atoms in total. The summed E-state index contributed by atoms with van der Waals surface area (Å²) >= 11 is 0. The maximum Gasteiger partial charge on any atom is 0.320 e. The van der Waals surface area contributed by atoms with Crippen molar-refractivity contribution in [2.75, 3.05) is 59.5 Å². The third-order valence-electron chi connectivity index (χ3n) is 5.42. The summed E-state index contributed by atoms with van der Waals surface area (Å²) in [6.45, 7) is 8.13. The van der Waals surface area contributed by atoms with Crippen molar-refractivity contribution in [1.82, 2.24) is 19.6 Å². The van der Waals surface area contributed by atoms with Gasteiger partial charge in [-0.15, -0.1) is 0 Å². The Labute approximate surface area is 138 Å². The monoisotopic (exact) mass is 324 g/mol. The number of hydrogen-bond donors (Lipinski definition) is 0. The Morgan fingerprint density at radius 2 is 1.74 bits per heavy atom. The molecule has 3 aliphatic heterocycles. The summed E-state index contributed by atoms with van der Waals surface area (Å²) in [4.78, 5) is 32.7. The SMILES string of the molecule is CC(C(=O)N1CCOCC1)N1CCC(N2CCN(C)C2=O)CC1. The van der Waals surface area contributed by atoms with Crippen molar-refractivity contribution in [3.63, 3.8) is 0 Å². The predicted octanol–water partition coefficient (Wildman–Crippen LogP) is 0.0655. The highest BCUT2D eigenvalue weighted by Gasteiger charge is 2.36. The first-order chi connectivity index (χ1) is 11.1. The molecule has 0 N–H and O–H groups in total. The van der Waals surface area contributed by atoms with Crippen molar-refractivity contribution in [1.29, 1.82) is 0 Å². The molecule has 3 heterocycles. The van der Waals surface area contributed by atoms with Gasteiger partial charge in [-0.25, -0.2) is 4.79 Å². The van der Waals surface area contributed by atoms with Crippen LogP contribution in [-0.2, 0) is 9.53 Å². The largest absolute Gasteiger partial charge is 0.378 e. The molecule has 0 aromatic carbocycles. The van der Waals surface area contributed by atoms with E-state index in [1.807, 2.05) is 23.8 Å². The number of likely N-dealkylation sites (N-methyl/N-ethyl adjacent to an activating group) is 1. The van der Waals surface area contributed by atoms with E-state index in [0.29, 0.717) is 32.3 Å². The quantitative estimate of drug-likeness (QED) is 0.737. The van der Waals surface area contributed by atoms with Gasteiger partial charge in [-0.1, -0.05) is 0 Å². The molecule has 0 bridgehead atoms. The first-order valence-corrected chi connectivity index (χ1v) is 8.70. The van der Waals surface area contributed by atoms with Gasteiger partial charge >= 0.3 is 6.03 Å². The minimum atomic E-state index is -0.0778. The molecule has 0 radical (unpaired) electrons. The molecule has 3 saturated heterocycles. The molecular formula is C16H28N4O3. The van der Waals surface area contributed by atoms with Gasteiger partial charge in [0.2, 0.25) is 5.91 Å². The summed E-state index contributed by atoms with van der Waals surface area (Å²) in [5, 5.41) is 0. The molecule has 23 heavy (non-hydrogen) atoms. The topological polar surface area (TPSA) is 56.3 Å². The van der Waals surface area contributed by atoms with Gasteiger partial charge in [0.05, 0.1) is 19.3 Å². The summed E-state index contributed by atoms with van der Waals surface area (Å²) in [5.41, 5.74) is 0. The van der Waals surface area contributed by atoms with Crippen LogP contribution in [0.2, 0.25) is 0 Å². The summed E-state index contributed by atoms with van der Waals surface area (Å²) in [6.07, 6.45) is 1.92. The second-order valence-electron chi connectivity index (χ2n) is 6.78. The van der Waals surface area contributed by atoms with Gasteiger partial charge in [-0.05, 0) is 19.8 Å². The lowest BCUT2D eigenvalue weighted by Gasteiger charge is -2.40. The molecule has 1 atom stereocenters. The number of piperidine rings is 1. The zero-order valence-electron chi connectivity index (χ0n) is 14.2. The number of amides is 3. The maximum atomic E-state index is 12.6. The number of urea groups is 1. The highest BCUT2D eigenvalue weighted by Crippen LogP contribution is 2.22. The number of carbonyl (C=O) groups is 2. The summed E-state index contributed by atoms with van der Waals surface area (Å²) in [5.74, 6) is 0.212. The lowest BCUT2D eigenvalue weighted by atomic mass is 10.0. The number of rotatable bonds is 3. The Balaban J connectivity index is 1.50. The molecule has 0 spiro atoms. The van der Waals surface area contributed by atoms with Crippen LogP contribution in [-0.4, -0.2) is 103 Å². The molecule has 0 aliphatic carbocycles. The van der Waals surface area contributed by atoms with Crippen molar-refractivity contribution in [3.05, 3.63) is 0 Å². The van der Waals surface area contributed by atoms with E-state index >= 15 is 0 Å². The number of likely N-dealkylation sites (tertiary alicyclic amines) is 1. The number of hydrogen-bond acceptors (Lipinski definition) is 4. The standard InChI is InChI=1S/C16H28N4O3/c1-13(15(21)19-9-11-23-12-10-19)18-5-3-14(4-6-18)20-8-7-17(2)16(20)22/h13-14H,3-12H2,1-2H3. The third kappa shape index (κ3) is 3.45. The van der Waals surface area contributed by atoms with Crippen LogP contribution < -0.4 is 0 Å². The average molecular weight is 324 g/mol. The third-order valence-corrected chi connectivity index (χ3v) is 5.42. The zero-order valence-corrected chi connectivity index (χ0v) is 14.2. The van der Waals surface area contributed by atoms with E-state index in [1.165, 1.54) is 0 Å². The lowest BCUT2D eigenvalue weighted by molar-refractivity contribution is -0.141. The van der Waals surface area contributed by atoms with Crippen LogP contribution in [0.15, 0.2) is 0 Å². The maximum absolute atomic E-state index is 12.6. The number of ether oxygens (including phenoxy) is 1. The van der Waals surface area contributed by atoms with Crippen LogP contribution >= 0.6 is 0 Å². The van der Waals surface area contributed by atoms with E-state index in [2.05, 4.69) is 4.90 Å². The fourth-order valence-electron chi connectivity index (χ4n) is 3.80. The first-order valence-electron chi connectivity index (χ1n) is 8.70. The van der Waals surface area contributed by atoms with Gasteiger partial charge in [0.15, 0.2) is 0 Å². The number of nitrogens with zero attached hydrogens (tertiary/aromatic N) is 4. The van der Waals surface area contributed by atoms with Crippen molar-refractivity contribution >= 4 is 11.9 Å². The van der Waals surface area contributed by atoms with Crippen LogP contribution in [0.3, 0.4) is 0 Å². The average Bonchev–Trinajstić information content (AvgIpc) is 2.94. The molecule has 130 valence electrons. The zero-order chi connectivity index (χ0) is 16.4. The molecule has 3 amide bonds. The van der Waals surface area contributed by atoms with Crippen LogP contribution in [0.1, 0.15) is 19.8 Å². The Hall–Kier alpha value is -1.34. The molecule has 0 saturated carbocycles. The van der Waals surface area contributed by atoms with Crippen molar-refractivity contribution in [3.8, 4) is 0 Å². The minimum absolute atomic E-state index is 0.0778. The van der Waals surface area contributed by atoms with Crippen LogP contribution in [0, 0.1) is 0 Å². The van der Waals surface area contributed by atoms with E-state index in [1.54, 1.807) is 4.90 Å². The molecule has 3 fully saturated rings. The molecule has 0 aromatic rings. The van der Waals surface area contributed by atoms with Gasteiger partial charge in [-0.2, -0.15) is 0 Å². The lowest BCUT2D eigenvalue weighted by Crippen LogP contribution is -2.54. The van der Waals surface area contributed by atoms with E-state index in [4.69, 9.17) is 4.74 Å². The summed E-state index contributed by atoms with van der Waals surface area (Å²) in [6, 6.07) is 0.404. The van der Waals surface area contributed by atoms with Gasteiger partial charge < -0.3 is 19.4 Å². The van der Waals surface area contributed by atoms with Gasteiger partial charge in [0.25, 0.3) is 0 Å². The number of morpholine rings is 1. The van der Waals surface area contributed by atoms with Gasteiger partial charge in [-0.3, -0.25) is 9.69 Å². The molecule has 3 aliphatic rings. The molecule has 7 heteroatoms. The molecule has 3 rings (SSSR count). The van der Waals surface area contributed by atoms with Crippen LogP contribution in [0.25, 0.3) is 0 Å². The minimum Gasteiger partial charge on any atom is -0.378 e. The van der Waals surface area contributed by atoms with Crippen molar-refractivity contribution in [2.45, 2.75) is 31.8 Å². The fourth-order valence-corrected chi connectivity index (χ4v) is 3.80. The fraction of sp³-hybridized carbons (Fsp3) is 0.875. The second kappa shape index (κ2) is 7.05. The highest BCUT2D eigenvalue weighted by atomic mass is 16.5.